The number of hydrogen-bond donors (Lipinski definition) is 2. The van der Waals surface area contributed by atoms with E-state index in [1.54, 1.807) is 17.8 Å². The maximum atomic E-state index is 10.9. The molecular weight excluding hydrogens is 156 g/mol. The highest BCUT2D eigenvalue weighted by molar-refractivity contribution is 5.87. The second kappa shape index (κ2) is 3.25. The van der Waals surface area contributed by atoms with Gasteiger partial charge < -0.3 is 9.88 Å². The minimum Gasteiger partial charge on any atom is -0.341 e. The van der Waals surface area contributed by atoms with Crippen LogP contribution in [0.5, 0.6) is 0 Å². The van der Waals surface area contributed by atoms with Crippen LogP contribution in [0.25, 0.3) is 0 Å². The number of imidazole rings is 1. The van der Waals surface area contributed by atoms with E-state index in [-0.39, 0.29) is 6.03 Å². The van der Waals surface area contributed by atoms with Crippen LogP contribution in [0.1, 0.15) is 5.82 Å². The van der Waals surface area contributed by atoms with Gasteiger partial charge >= 0.3 is 6.03 Å². The molecule has 0 aliphatic carbocycles. The number of nitrogens with one attached hydrogen (secondary N) is 2. The van der Waals surface area contributed by atoms with E-state index in [1.165, 1.54) is 0 Å². The highest BCUT2D eigenvalue weighted by Crippen LogP contribution is 2.06. The molecular formula is C7H12N4O. The monoisotopic (exact) mass is 168 g/mol. The molecule has 0 saturated heterocycles. The van der Waals surface area contributed by atoms with Gasteiger partial charge in [0.15, 0.2) is 0 Å². The fourth-order valence-electron chi connectivity index (χ4n) is 0.797. The minimum atomic E-state index is -0.238. The zero-order valence-electron chi connectivity index (χ0n) is 7.38. The van der Waals surface area contributed by atoms with Crippen molar-refractivity contribution in [2.24, 2.45) is 7.05 Å². The van der Waals surface area contributed by atoms with E-state index in [9.17, 15) is 4.79 Å². The number of amides is 2. The zero-order valence-corrected chi connectivity index (χ0v) is 7.38. The summed E-state index contributed by atoms with van der Waals surface area (Å²) in [7, 11) is 3.41. The third kappa shape index (κ3) is 1.55. The molecule has 0 aliphatic rings. The molecule has 0 bridgehead atoms. The minimum absolute atomic E-state index is 0.238. The molecule has 1 aromatic heterocycles. The summed E-state index contributed by atoms with van der Waals surface area (Å²) in [5.41, 5.74) is 0. The normalized spacial score (nSPS) is 9.58. The zero-order chi connectivity index (χ0) is 9.14. The summed E-state index contributed by atoms with van der Waals surface area (Å²) in [5, 5.41) is 5.09. The van der Waals surface area contributed by atoms with Crippen molar-refractivity contribution in [3.8, 4) is 0 Å². The molecule has 0 fully saturated rings. The molecule has 12 heavy (non-hydrogen) atoms. The van der Waals surface area contributed by atoms with E-state index >= 15 is 0 Å². The Morgan fingerprint density at radius 3 is 2.75 bits per heavy atom. The van der Waals surface area contributed by atoms with E-state index in [0.717, 1.165) is 5.82 Å². The first-order valence-corrected chi connectivity index (χ1v) is 3.62. The van der Waals surface area contributed by atoms with Crippen molar-refractivity contribution in [1.82, 2.24) is 14.9 Å². The summed E-state index contributed by atoms with van der Waals surface area (Å²) in [6.07, 6.45) is 1.62. The summed E-state index contributed by atoms with van der Waals surface area (Å²) in [6.45, 7) is 1.87. The number of anilines is 1. The number of aromatic nitrogens is 2. The van der Waals surface area contributed by atoms with Crippen molar-refractivity contribution in [2.75, 3.05) is 12.4 Å². The molecule has 0 spiro atoms. The number of urea groups is 1. The first-order chi connectivity index (χ1) is 5.65. The van der Waals surface area contributed by atoms with E-state index in [2.05, 4.69) is 15.6 Å². The quantitative estimate of drug-likeness (QED) is 0.640. The van der Waals surface area contributed by atoms with Crippen molar-refractivity contribution in [2.45, 2.75) is 6.92 Å². The van der Waals surface area contributed by atoms with Gasteiger partial charge in [-0.15, -0.1) is 0 Å². The SMILES string of the molecule is CNC(=O)Nc1cnc(C)n1C. The van der Waals surface area contributed by atoms with Crippen LogP contribution < -0.4 is 10.6 Å². The van der Waals surface area contributed by atoms with Gasteiger partial charge in [0.1, 0.15) is 11.6 Å². The third-order valence-electron chi connectivity index (χ3n) is 1.69. The molecule has 0 saturated carbocycles. The van der Waals surface area contributed by atoms with E-state index in [0.29, 0.717) is 5.82 Å². The van der Waals surface area contributed by atoms with Crippen LogP contribution >= 0.6 is 0 Å². The number of rotatable bonds is 1. The standard InChI is InChI=1S/C7H12N4O/c1-5-9-4-6(11(5)3)10-7(12)8-2/h4H,1-3H3,(H2,8,10,12). The summed E-state index contributed by atoms with van der Waals surface area (Å²) < 4.78 is 1.80. The van der Waals surface area contributed by atoms with Crippen LogP contribution in [0.3, 0.4) is 0 Å². The maximum absolute atomic E-state index is 10.9. The average Bonchev–Trinajstić information content (AvgIpc) is 2.36. The van der Waals surface area contributed by atoms with E-state index < -0.39 is 0 Å². The molecule has 1 heterocycles. The second-order valence-electron chi connectivity index (χ2n) is 2.45. The Morgan fingerprint density at radius 1 is 1.67 bits per heavy atom. The van der Waals surface area contributed by atoms with Gasteiger partial charge in [-0.05, 0) is 6.92 Å². The Balaban J connectivity index is 2.76. The molecule has 5 nitrogen and oxygen atoms in total. The molecule has 2 amide bonds. The molecule has 0 aromatic carbocycles. The first-order valence-electron chi connectivity index (χ1n) is 3.62. The lowest BCUT2D eigenvalue weighted by Crippen LogP contribution is -2.25. The summed E-state index contributed by atoms with van der Waals surface area (Å²) in [4.78, 5) is 14.9. The van der Waals surface area contributed by atoms with Crippen LogP contribution in [-0.2, 0) is 7.05 Å². The fourth-order valence-corrected chi connectivity index (χ4v) is 0.797. The lowest BCUT2D eigenvalue weighted by molar-refractivity contribution is 0.254. The molecule has 2 N–H and O–H groups in total. The smallest absolute Gasteiger partial charge is 0.320 e. The van der Waals surface area contributed by atoms with Gasteiger partial charge in [0.25, 0.3) is 0 Å². The largest absolute Gasteiger partial charge is 0.341 e. The van der Waals surface area contributed by atoms with Crippen LogP contribution in [0.2, 0.25) is 0 Å². The Labute approximate surface area is 70.8 Å². The average molecular weight is 168 g/mol. The molecule has 0 atom stereocenters. The summed E-state index contributed by atoms with van der Waals surface area (Å²) in [5.74, 6) is 1.55. The lowest BCUT2D eigenvalue weighted by Gasteiger charge is -2.04. The van der Waals surface area contributed by atoms with Crippen molar-refractivity contribution in [1.29, 1.82) is 0 Å². The predicted molar refractivity (Wildman–Crippen MR) is 46.0 cm³/mol. The summed E-state index contributed by atoms with van der Waals surface area (Å²) >= 11 is 0. The van der Waals surface area contributed by atoms with Gasteiger partial charge in [0.2, 0.25) is 0 Å². The number of nitrogens with zero attached hydrogens (tertiary/aromatic N) is 2. The molecule has 1 rings (SSSR count). The van der Waals surface area contributed by atoms with Gasteiger partial charge in [-0.1, -0.05) is 0 Å². The maximum Gasteiger partial charge on any atom is 0.320 e. The van der Waals surface area contributed by atoms with Crippen LogP contribution in [-0.4, -0.2) is 22.6 Å². The lowest BCUT2D eigenvalue weighted by atomic mass is 10.6. The van der Waals surface area contributed by atoms with Crippen LogP contribution in [0, 0.1) is 6.92 Å². The number of carbonyl (C=O) groups excluding carboxylic acids is 1. The topological polar surface area (TPSA) is 59.0 Å². The van der Waals surface area contributed by atoms with Gasteiger partial charge in [0, 0.05) is 14.1 Å². The Kier molecular flexibility index (Phi) is 2.32. The Bertz CT molecular complexity index is 292. The number of carbonyl (C=O) groups is 1. The highest BCUT2D eigenvalue weighted by Gasteiger charge is 2.04. The third-order valence-corrected chi connectivity index (χ3v) is 1.69. The van der Waals surface area contributed by atoms with Crippen LogP contribution in [0.15, 0.2) is 6.20 Å². The van der Waals surface area contributed by atoms with E-state index in [1.807, 2.05) is 14.0 Å². The molecule has 0 radical (unpaired) electrons. The molecule has 0 aliphatic heterocycles. The van der Waals surface area contributed by atoms with Crippen molar-refractivity contribution in [3.05, 3.63) is 12.0 Å². The van der Waals surface area contributed by atoms with Crippen LogP contribution in [0.4, 0.5) is 10.6 Å². The van der Waals surface area contributed by atoms with Gasteiger partial charge in [-0.25, -0.2) is 9.78 Å². The van der Waals surface area contributed by atoms with Crippen molar-refractivity contribution in [3.63, 3.8) is 0 Å². The molecule has 5 heteroatoms. The number of aryl methyl sites for hydroxylation is 1. The van der Waals surface area contributed by atoms with Gasteiger partial charge in [-0.3, -0.25) is 5.32 Å². The molecule has 1 aromatic rings. The number of hydrogen-bond acceptors (Lipinski definition) is 2. The first kappa shape index (κ1) is 8.58. The highest BCUT2D eigenvalue weighted by atomic mass is 16.2. The fraction of sp³-hybridized carbons (Fsp3) is 0.429. The van der Waals surface area contributed by atoms with Crippen molar-refractivity contribution < 1.29 is 4.79 Å². The van der Waals surface area contributed by atoms with Gasteiger partial charge in [0.05, 0.1) is 6.20 Å². The predicted octanol–water partition coefficient (Wildman–Crippen LogP) is 0.480. The van der Waals surface area contributed by atoms with Crippen molar-refractivity contribution >= 4 is 11.8 Å². The van der Waals surface area contributed by atoms with Gasteiger partial charge in [-0.2, -0.15) is 0 Å². The Morgan fingerprint density at radius 2 is 2.33 bits per heavy atom. The van der Waals surface area contributed by atoms with E-state index in [4.69, 9.17) is 0 Å². The molecule has 0 unspecified atom stereocenters. The summed E-state index contributed by atoms with van der Waals surface area (Å²) in [6, 6.07) is -0.238. The molecule has 66 valence electrons. The second-order valence-corrected chi connectivity index (χ2v) is 2.45. The Hall–Kier alpha value is -1.52.